The number of urea groups is 1. The fourth-order valence-corrected chi connectivity index (χ4v) is 0.0577. The van der Waals surface area contributed by atoms with Crippen molar-refractivity contribution in [1.29, 1.82) is 0 Å². The second-order valence-corrected chi connectivity index (χ2v) is 1.42. The van der Waals surface area contributed by atoms with E-state index in [1.165, 1.54) is 0 Å². The molecule has 7 N–H and O–H groups in total. The van der Waals surface area contributed by atoms with E-state index in [0.29, 0.717) is 0 Å². The zero-order valence-electron chi connectivity index (χ0n) is 5.40. The van der Waals surface area contributed by atoms with Gasteiger partial charge < -0.3 is 26.8 Å². The number of hydrogen-bond acceptors (Lipinski definition) is 4. The molecule has 0 radical (unpaired) electrons. The topological polar surface area (TPSA) is 130 Å². The van der Waals surface area contributed by atoms with Crippen molar-refractivity contribution in [2.75, 3.05) is 13.2 Å². The van der Waals surface area contributed by atoms with Crippen molar-refractivity contribution in [2.45, 2.75) is 6.10 Å². The average Bonchev–Trinajstić information content (AvgIpc) is 1.85. The highest BCUT2D eigenvalue weighted by atomic mass is 16.3. The molecule has 6 heteroatoms. The zero-order valence-corrected chi connectivity index (χ0v) is 5.40. The normalized spacial score (nSPS) is 8.40. The number of carbonyl (C=O) groups is 1. The van der Waals surface area contributed by atoms with Gasteiger partial charge in [0.05, 0.1) is 13.2 Å². The predicted molar refractivity (Wildman–Crippen MR) is 33.9 cm³/mol. The van der Waals surface area contributed by atoms with E-state index in [1.54, 1.807) is 0 Å². The summed E-state index contributed by atoms with van der Waals surface area (Å²) >= 11 is 0. The molecule has 2 amide bonds. The third kappa shape index (κ3) is 27.3. The van der Waals surface area contributed by atoms with E-state index in [9.17, 15) is 0 Å². The molecule has 0 aromatic heterocycles. The Kier molecular flexibility index (Phi) is 9.69. The minimum Gasteiger partial charge on any atom is -0.394 e. The maximum absolute atomic E-state index is 9.00. The van der Waals surface area contributed by atoms with Crippen LogP contribution < -0.4 is 11.5 Å². The molecule has 62 valence electrons. The van der Waals surface area contributed by atoms with E-state index >= 15 is 0 Å². The summed E-state index contributed by atoms with van der Waals surface area (Å²) in [5.41, 5.74) is 8.50. The number of nitrogens with two attached hydrogens (primary N) is 2. The Hall–Kier alpha value is -0.850. The predicted octanol–water partition coefficient (Wildman–Crippen LogP) is -2.64. The van der Waals surface area contributed by atoms with Crippen LogP contribution in [0.1, 0.15) is 0 Å². The van der Waals surface area contributed by atoms with Crippen molar-refractivity contribution in [2.24, 2.45) is 11.5 Å². The fourth-order valence-electron chi connectivity index (χ4n) is 0.0577. The fraction of sp³-hybridized carbons (Fsp3) is 0.750. The molecule has 0 aliphatic heterocycles. The first kappa shape index (κ1) is 11.9. The molecule has 0 fully saturated rings. The van der Waals surface area contributed by atoms with Crippen molar-refractivity contribution in [1.82, 2.24) is 0 Å². The largest absolute Gasteiger partial charge is 0.394 e. The molecule has 0 bridgehead atoms. The van der Waals surface area contributed by atoms with Gasteiger partial charge in [-0.05, 0) is 0 Å². The van der Waals surface area contributed by atoms with E-state index in [2.05, 4.69) is 11.5 Å². The first-order valence-corrected chi connectivity index (χ1v) is 2.49. The summed E-state index contributed by atoms with van der Waals surface area (Å²) < 4.78 is 0. The highest BCUT2D eigenvalue weighted by Crippen LogP contribution is 1.71. The highest BCUT2D eigenvalue weighted by molar-refractivity contribution is 5.69. The summed E-state index contributed by atoms with van der Waals surface area (Å²) in [6.07, 6.45) is -0.954. The Labute approximate surface area is 58.1 Å². The molecule has 0 aromatic carbocycles. The lowest BCUT2D eigenvalue weighted by molar-refractivity contribution is 0.0450. The maximum atomic E-state index is 9.00. The quantitative estimate of drug-likeness (QED) is 0.296. The summed E-state index contributed by atoms with van der Waals surface area (Å²) in [5, 5.41) is 24.0. The van der Waals surface area contributed by atoms with E-state index in [0.717, 1.165) is 0 Å². The van der Waals surface area contributed by atoms with Crippen LogP contribution in [0.15, 0.2) is 0 Å². The molecule has 0 heterocycles. The molecule has 0 saturated heterocycles. The minimum absolute atomic E-state index is 0.365. The van der Waals surface area contributed by atoms with Gasteiger partial charge in [-0.2, -0.15) is 0 Å². The molecule has 0 aromatic rings. The van der Waals surface area contributed by atoms with E-state index in [-0.39, 0.29) is 13.2 Å². The lowest BCUT2D eigenvalue weighted by atomic mass is 10.4. The molecule has 0 spiro atoms. The van der Waals surface area contributed by atoms with Crippen molar-refractivity contribution >= 4 is 6.03 Å². The van der Waals surface area contributed by atoms with Gasteiger partial charge in [0.15, 0.2) is 0 Å². The van der Waals surface area contributed by atoms with Crippen molar-refractivity contribution in [3.8, 4) is 0 Å². The van der Waals surface area contributed by atoms with Gasteiger partial charge in [-0.25, -0.2) is 4.79 Å². The van der Waals surface area contributed by atoms with Gasteiger partial charge in [0.1, 0.15) is 6.10 Å². The standard InChI is InChI=1S/C3H8O3.CH4N2O/c4-1-3(6)2-5;2-1(3)4/h3-6H,1-2H2;(H4,2,3,4). The zero-order chi connectivity index (χ0) is 8.57. The van der Waals surface area contributed by atoms with E-state index in [4.69, 9.17) is 20.1 Å². The van der Waals surface area contributed by atoms with Gasteiger partial charge in [-0.1, -0.05) is 0 Å². The Balaban J connectivity index is 0. The van der Waals surface area contributed by atoms with Gasteiger partial charge in [0.2, 0.25) is 0 Å². The van der Waals surface area contributed by atoms with Crippen LogP contribution in [0.5, 0.6) is 0 Å². The van der Waals surface area contributed by atoms with Crippen LogP contribution in [0.25, 0.3) is 0 Å². The average molecular weight is 152 g/mol. The molecule has 10 heavy (non-hydrogen) atoms. The van der Waals surface area contributed by atoms with Crippen molar-refractivity contribution in [3.05, 3.63) is 0 Å². The van der Waals surface area contributed by atoms with Gasteiger partial charge in [0, 0.05) is 0 Å². The first-order chi connectivity index (χ1) is 4.54. The summed E-state index contributed by atoms with van der Waals surface area (Å²) in [7, 11) is 0. The van der Waals surface area contributed by atoms with Gasteiger partial charge >= 0.3 is 6.03 Å². The molecular weight excluding hydrogens is 140 g/mol. The van der Waals surface area contributed by atoms with Crippen LogP contribution in [0, 0.1) is 0 Å². The van der Waals surface area contributed by atoms with Crippen LogP contribution >= 0.6 is 0 Å². The van der Waals surface area contributed by atoms with Crippen LogP contribution in [0.4, 0.5) is 4.79 Å². The summed E-state index contributed by atoms with van der Waals surface area (Å²) in [6, 6.07) is -0.833. The van der Waals surface area contributed by atoms with E-state index < -0.39 is 12.1 Å². The van der Waals surface area contributed by atoms with Crippen LogP contribution in [0.2, 0.25) is 0 Å². The summed E-state index contributed by atoms with van der Waals surface area (Å²) in [5.74, 6) is 0. The Morgan fingerprint density at radius 1 is 1.30 bits per heavy atom. The molecule has 0 atom stereocenters. The molecule has 0 aliphatic rings. The van der Waals surface area contributed by atoms with Gasteiger partial charge in [-0.15, -0.1) is 0 Å². The molecule has 6 nitrogen and oxygen atoms in total. The maximum Gasteiger partial charge on any atom is 0.309 e. The minimum atomic E-state index is -0.954. The SMILES string of the molecule is NC(N)=O.OCC(O)CO. The number of hydrogen-bond donors (Lipinski definition) is 5. The first-order valence-electron chi connectivity index (χ1n) is 2.49. The summed E-state index contributed by atoms with van der Waals surface area (Å²) in [6.45, 7) is -0.729. The highest BCUT2D eigenvalue weighted by Gasteiger charge is 1.93. The molecular formula is C4H12N2O4. The van der Waals surface area contributed by atoms with Gasteiger partial charge in [-0.3, -0.25) is 0 Å². The van der Waals surface area contributed by atoms with E-state index in [1.807, 2.05) is 0 Å². The molecule has 0 unspecified atom stereocenters. The van der Waals surface area contributed by atoms with Crippen molar-refractivity contribution in [3.63, 3.8) is 0 Å². The number of primary amides is 2. The number of aliphatic hydroxyl groups is 3. The third-order valence-corrected chi connectivity index (χ3v) is 0.421. The number of amides is 2. The molecule has 0 saturated carbocycles. The van der Waals surface area contributed by atoms with Crippen molar-refractivity contribution < 1.29 is 20.1 Å². The molecule has 0 aliphatic carbocycles. The number of rotatable bonds is 2. The summed E-state index contributed by atoms with van der Waals surface area (Å²) in [4.78, 5) is 9.00. The van der Waals surface area contributed by atoms with Crippen LogP contribution in [-0.4, -0.2) is 40.7 Å². The smallest absolute Gasteiger partial charge is 0.309 e. The second kappa shape index (κ2) is 8.15. The molecule has 0 rings (SSSR count). The Bertz CT molecular complexity index is 79.3. The van der Waals surface area contributed by atoms with Gasteiger partial charge in [0.25, 0.3) is 0 Å². The van der Waals surface area contributed by atoms with Crippen LogP contribution in [0.3, 0.4) is 0 Å². The lowest BCUT2D eigenvalue weighted by Crippen LogP contribution is -2.18. The van der Waals surface area contributed by atoms with Crippen LogP contribution in [-0.2, 0) is 0 Å². The number of carbonyl (C=O) groups excluding carboxylic acids is 1. The Morgan fingerprint density at radius 2 is 1.50 bits per heavy atom. The Morgan fingerprint density at radius 3 is 1.50 bits per heavy atom. The monoisotopic (exact) mass is 152 g/mol. The third-order valence-electron chi connectivity index (χ3n) is 0.421. The number of aliphatic hydroxyl groups excluding tert-OH is 3. The lowest BCUT2D eigenvalue weighted by Gasteiger charge is -1.96. The second-order valence-electron chi connectivity index (χ2n) is 1.42.